The van der Waals surface area contributed by atoms with Crippen molar-refractivity contribution in [2.45, 2.75) is 20.0 Å². The van der Waals surface area contributed by atoms with E-state index >= 15 is 0 Å². The molecule has 0 saturated carbocycles. The number of furan rings is 1. The molecule has 0 unspecified atom stereocenters. The Bertz CT molecular complexity index is 538. The fourth-order valence-electron chi connectivity index (χ4n) is 2.26. The summed E-state index contributed by atoms with van der Waals surface area (Å²) in [6, 6.07) is 8.58. The van der Waals surface area contributed by atoms with Gasteiger partial charge in [-0.1, -0.05) is 6.07 Å². The minimum Gasteiger partial charge on any atom is -0.472 e. The van der Waals surface area contributed by atoms with Gasteiger partial charge in [0, 0.05) is 45.0 Å². The minimum absolute atomic E-state index is 0.741. The lowest BCUT2D eigenvalue weighted by Crippen LogP contribution is -2.19. The monoisotopic (exact) mass is 288 g/mol. The highest BCUT2D eigenvalue weighted by Crippen LogP contribution is 2.20. The number of anilines is 1. The highest BCUT2D eigenvalue weighted by molar-refractivity contribution is 5.50. The van der Waals surface area contributed by atoms with Crippen molar-refractivity contribution >= 4 is 5.69 Å². The highest BCUT2D eigenvalue weighted by atomic mass is 16.5. The average molecular weight is 288 g/mol. The van der Waals surface area contributed by atoms with Crippen LogP contribution in [0.2, 0.25) is 0 Å². The summed E-state index contributed by atoms with van der Waals surface area (Å²) >= 11 is 0. The lowest BCUT2D eigenvalue weighted by atomic mass is 10.1. The van der Waals surface area contributed by atoms with E-state index in [2.05, 4.69) is 42.4 Å². The van der Waals surface area contributed by atoms with Crippen LogP contribution < -0.4 is 10.2 Å². The van der Waals surface area contributed by atoms with Crippen LogP contribution in [0.25, 0.3) is 0 Å². The molecule has 1 aromatic heterocycles. The Morgan fingerprint density at radius 1 is 1.29 bits per heavy atom. The van der Waals surface area contributed by atoms with Gasteiger partial charge in [-0.2, -0.15) is 0 Å². The molecule has 0 bridgehead atoms. The third-order valence-corrected chi connectivity index (χ3v) is 3.57. The number of benzene rings is 1. The van der Waals surface area contributed by atoms with Gasteiger partial charge < -0.3 is 19.4 Å². The molecule has 1 heterocycles. The molecule has 21 heavy (non-hydrogen) atoms. The van der Waals surface area contributed by atoms with Crippen LogP contribution in [0.3, 0.4) is 0 Å². The Balaban J connectivity index is 1.94. The van der Waals surface area contributed by atoms with Gasteiger partial charge in [0.05, 0.1) is 19.1 Å². The summed E-state index contributed by atoms with van der Waals surface area (Å²) < 4.78 is 10.1. The fraction of sp³-hybridized carbons (Fsp3) is 0.412. The molecule has 0 atom stereocenters. The number of rotatable bonds is 8. The third-order valence-electron chi connectivity index (χ3n) is 3.57. The first-order valence-electron chi connectivity index (χ1n) is 7.22. The van der Waals surface area contributed by atoms with Crippen LogP contribution in [0.15, 0.2) is 41.2 Å². The van der Waals surface area contributed by atoms with Crippen LogP contribution in [-0.4, -0.2) is 27.3 Å². The summed E-state index contributed by atoms with van der Waals surface area (Å²) in [5.41, 5.74) is 5.03. The topological polar surface area (TPSA) is 37.6 Å². The molecule has 0 aliphatic carbocycles. The van der Waals surface area contributed by atoms with Gasteiger partial charge in [-0.3, -0.25) is 0 Å². The first-order chi connectivity index (χ1) is 10.2. The standard InChI is InChI=1S/C17H24N2O2/c1-14-10-17(19(2)12-15-6-8-21-13-15)5-4-16(14)11-18-7-9-20-3/h4-6,8,10,13,18H,7,9,11-12H2,1-3H3. The largest absolute Gasteiger partial charge is 0.472 e. The van der Waals surface area contributed by atoms with Crippen molar-refractivity contribution in [3.8, 4) is 0 Å². The number of methoxy groups -OCH3 is 1. The van der Waals surface area contributed by atoms with Crippen LogP contribution in [0.5, 0.6) is 0 Å². The summed E-state index contributed by atoms with van der Waals surface area (Å²) in [5, 5.41) is 3.38. The lowest BCUT2D eigenvalue weighted by Gasteiger charge is -2.20. The molecule has 0 saturated heterocycles. The van der Waals surface area contributed by atoms with E-state index in [9.17, 15) is 0 Å². The van der Waals surface area contributed by atoms with Crippen LogP contribution in [0.1, 0.15) is 16.7 Å². The normalized spacial score (nSPS) is 10.8. The van der Waals surface area contributed by atoms with Gasteiger partial charge in [-0.05, 0) is 36.2 Å². The maximum atomic E-state index is 5.11. The second-order valence-corrected chi connectivity index (χ2v) is 5.27. The maximum Gasteiger partial charge on any atom is 0.0952 e. The Labute approximate surface area is 126 Å². The summed E-state index contributed by atoms with van der Waals surface area (Å²) in [6.07, 6.45) is 3.50. The second kappa shape index (κ2) is 7.86. The van der Waals surface area contributed by atoms with Gasteiger partial charge in [-0.15, -0.1) is 0 Å². The molecule has 0 aliphatic heterocycles. The number of ether oxygens (including phenoxy) is 1. The molecule has 4 nitrogen and oxygen atoms in total. The van der Waals surface area contributed by atoms with Crippen molar-refractivity contribution in [2.24, 2.45) is 0 Å². The van der Waals surface area contributed by atoms with Gasteiger partial charge in [0.15, 0.2) is 0 Å². The molecule has 114 valence electrons. The lowest BCUT2D eigenvalue weighted by molar-refractivity contribution is 0.199. The number of aryl methyl sites for hydroxylation is 1. The number of hydrogen-bond acceptors (Lipinski definition) is 4. The Kier molecular flexibility index (Phi) is 5.84. The summed E-state index contributed by atoms with van der Waals surface area (Å²) in [5.74, 6) is 0. The molecule has 1 N–H and O–H groups in total. The van der Waals surface area contributed by atoms with Crippen molar-refractivity contribution in [2.75, 3.05) is 32.2 Å². The van der Waals surface area contributed by atoms with Gasteiger partial charge in [0.25, 0.3) is 0 Å². The molecule has 2 aromatic rings. The van der Waals surface area contributed by atoms with E-state index in [1.165, 1.54) is 22.4 Å². The zero-order valence-electron chi connectivity index (χ0n) is 13.1. The van der Waals surface area contributed by atoms with Crippen molar-refractivity contribution in [1.29, 1.82) is 0 Å². The van der Waals surface area contributed by atoms with Gasteiger partial charge in [0.2, 0.25) is 0 Å². The predicted molar refractivity (Wildman–Crippen MR) is 85.6 cm³/mol. The summed E-state index contributed by atoms with van der Waals surface area (Å²) in [7, 11) is 3.82. The molecule has 0 fully saturated rings. The summed E-state index contributed by atoms with van der Waals surface area (Å²) in [6.45, 7) is 5.49. The van der Waals surface area contributed by atoms with E-state index < -0.39 is 0 Å². The van der Waals surface area contributed by atoms with E-state index in [0.29, 0.717) is 0 Å². The Hall–Kier alpha value is -1.78. The maximum absolute atomic E-state index is 5.11. The molecule has 1 aromatic carbocycles. The number of nitrogens with zero attached hydrogens (tertiary/aromatic N) is 1. The third kappa shape index (κ3) is 4.62. The van der Waals surface area contributed by atoms with E-state index in [4.69, 9.17) is 9.15 Å². The molecular weight excluding hydrogens is 264 g/mol. The van der Waals surface area contributed by atoms with Crippen LogP contribution >= 0.6 is 0 Å². The zero-order chi connectivity index (χ0) is 15.1. The molecule has 0 spiro atoms. The van der Waals surface area contributed by atoms with E-state index in [0.717, 1.165) is 26.2 Å². The van der Waals surface area contributed by atoms with Crippen LogP contribution in [-0.2, 0) is 17.8 Å². The fourth-order valence-corrected chi connectivity index (χ4v) is 2.26. The first kappa shape index (κ1) is 15.6. The second-order valence-electron chi connectivity index (χ2n) is 5.27. The van der Waals surface area contributed by atoms with Gasteiger partial charge in [0.1, 0.15) is 0 Å². The van der Waals surface area contributed by atoms with Crippen molar-refractivity contribution in [1.82, 2.24) is 5.32 Å². The molecule has 2 rings (SSSR count). The molecule has 0 aliphatic rings. The molecule has 4 heteroatoms. The summed E-state index contributed by atoms with van der Waals surface area (Å²) in [4.78, 5) is 2.22. The van der Waals surface area contributed by atoms with Crippen LogP contribution in [0, 0.1) is 6.92 Å². The number of nitrogens with one attached hydrogen (secondary N) is 1. The molecule has 0 radical (unpaired) electrons. The zero-order valence-corrected chi connectivity index (χ0v) is 13.1. The van der Waals surface area contributed by atoms with Crippen molar-refractivity contribution < 1.29 is 9.15 Å². The Morgan fingerprint density at radius 2 is 2.14 bits per heavy atom. The SMILES string of the molecule is COCCNCc1ccc(N(C)Cc2ccoc2)cc1C. The molecular formula is C17H24N2O2. The van der Waals surface area contributed by atoms with Gasteiger partial charge in [-0.25, -0.2) is 0 Å². The predicted octanol–water partition coefficient (Wildman–Crippen LogP) is 2.96. The minimum atomic E-state index is 0.741. The Morgan fingerprint density at radius 3 is 2.81 bits per heavy atom. The van der Waals surface area contributed by atoms with E-state index in [-0.39, 0.29) is 0 Å². The number of hydrogen-bond donors (Lipinski definition) is 1. The first-order valence-corrected chi connectivity index (χ1v) is 7.22. The van der Waals surface area contributed by atoms with Crippen molar-refractivity contribution in [3.63, 3.8) is 0 Å². The van der Waals surface area contributed by atoms with Gasteiger partial charge >= 0.3 is 0 Å². The molecule has 0 amide bonds. The van der Waals surface area contributed by atoms with E-state index in [1.807, 2.05) is 6.07 Å². The highest BCUT2D eigenvalue weighted by Gasteiger charge is 2.06. The van der Waals surface area contributed by atoms with E-state index in [1.54, 1.807) is 19.6 Å². The smallest absolute Gasteiger partial charge is 0.0952 e. The van der Waals surface area contributed by atoms with Crippen LogP contribution in [0.4, 0.5) is 5.69 Å². The quantitative estimate of drug-likeness (QED) is 0.758. The van der Waals surface area contributed by atoms with Crippen molar-refractivity contribution in [3.05, 3.63) is 53.5 Å². The average Bonchev–Trinajstić information content (AvgIpc) is 2.97.